The Hall–Kier alpha value is -1.16. The lowest BCUT2D eigenvalue weighted by molar-refractivity contribution is 0.181. The number of methoxy groups -OCH3 is 1. The Morgan fingerprint density at radius 1 is 1.50 bits per heavy atom. The number of nitrogens with one attached hydrogen (secondary N) is 1. The normalized spacial score (nSPS) is 12.5. The summed E-state index contributed by atoms with van der Waals surface area (Å²) in [7, 11) is 1.66. The molecule has 0 radical (unpaired) electrons. The highest BCUT2D eigenvalue weighted by molar-refractivity contribution is 5.35. The van der Waals surface area contributed by atoms with Crippen LogP contribution >= 0.6 is 0 Å². The third kappa shape index (κ3) is 3.30. The number of rotatable bonds is 5. The third-order valence-corrected chi connectivity index (χ3v) is 2.02. The van der Waals surface area contributed by atoms with E-state index in [1.807, 2.05) is 6.07 Å². The van der Waals surface area contributed by atoms with Crippen molar-refractivity contribution in [3.05, 3.63) is 18.1 Å². The molecular weight excluding hydrogens is 178 g/mol. The molecule has 78 valence electrons. The van der Waals surface area contributed by atoms with Gasteiger partial charge in [0.15, 0.2) is 0 Å². The van der Waals surface area contributed by atoms with Crippen LogP contribution in [0.3, 0.4) is 0 Å². The number of ether oxygens (including phenoxy) is 1. The second kappa shape index (κ2) is 5.54. The van der Waals surface area contributed by atoms with E-state index in [0.29, 0.717) is 12.6 Å². The van der Waals surface area contributed by atoms with Crippen LogP contribution in [0.5, 0.6) is 0 Å². The van der Waals surface area contributed by atoms with E-state index in [2.05, 4.69) is 29.1 Å². The molecule has 0 spiro atoms. The van der Waals surface area contributed by atoms with Crippen LogP contribution in [0, 0.1) is 0 Å². The van der Waals surface area contributed by atoms with Crippen molar-refractivity contribution in [2.45, 2.75) is 32.9 Å². The minimum absolute atomic E-state index is 0.431. The first kappa shape index (κ1) is 10.9. The predicted molar refractivity (Wildman–Crippen MR) is 56.1 cm³/mol. The Kier molecular flexibility index (Phi) is 4.32. The quantitative estimate of drug-likeness (QED) is 0.778. The molecule has 1 aromatic rings. The first-order chi connectivity index (χ1) is 6.76. The molecule has 0 aliphatic carbocycles. The molecule has 0 amide bonds. The van der Waals surface area contributed by atoms with Gasteiger partial charge in [0, 0.05) is 19.2 Å². The molecule has 0 fully saturated rings. The minimum atomic E-state index is 0.431. The molecule has 4 nitrogen and oxygen atoms in total. The summed E-state index contributed by atoms with van der Waals surface area (Å²) < 4.78 is 5.00. The van der Waals surface area contributed by atoms with Gasteiger partial charge in [0.1, 0.15) is 12.1 Å². The smallest absolute Gasteiger partial charge is 0.129 e. The van der Waals surface area contributed by atoms with Crippen molar-refractivity contribution in [1.82, 2.24) is 9.97 Å². The largest absolute Gasteiger partial charge is 0.378 e. The Morgan fingerprint density at radius 2 is 2.29 bits per heavy atom. The summed E-state index contributed by atoms with van der Waals surface area (Å²) >= 11 is 0. The molecule has 0 saturated carbocycles. The average Bonchev–Trinajstić information content (AvgIpc) is 2.19. The zero-order chi connectivity index (χ0) is 10.4. The molecule has 1 rings (SSSR count). The molecular formula is C10H17N3O. The van der Waals surface area contributed by atoms with Crippen molar-refractivity contribution in [2.75, 3.05) is 12.4 Å². The number of hydrogen-bond acceptors (Lipinski definition) is 4. The molecule has 4 heteroatoms. The zero-order valence-electron chi connectivity index (χ0n) is 8.95. The zero-order valence-corrected chi connectivity index (χ0v) is 8.95. The van der Waals surface area contributed by atoms with E-state index in [0.717, 1.165) is 17.9 Å². The van der Waals surface area contributed by atoms with Crippen molar-refractivity contribution in [3.63, 3.8) is 0 Å². The van der Waals surface area contributed by atoms with Crippen LogP contribution in [0.2, 0.25) is 0 Å². The van der Waals surface area contributed by atoms with E-state index in [1.54, 1.807) is 13.4 Å². The minimum Gasteiger partial charge on any atom is -0.378 e. The summed E-state index contributed by atoms with van der Waals surface area (Å²) in [6.07, 6.45) is 2.63. The fourth-order valence-corrected chi connectivity index (χ4v) is 1.06. The van der Waals surface area contributed by atoms with Gasteiger partial charge < -0.3 is 10.1 Å². The summed E-state index contributed by atoms with van der Waals surface area (Å²) in [6.45, 7) is 4.78. The van der Waals surface area contributed by atoms with E-state index >= 15 is 0 Å². The van der Waals surface area contributed by atoms with Crippen LogP contribution in [0.25, 0.3) is 0 Å². The molecule has 0 bridgehead atoms. The van der Waals surface area contributed by atoms with Gasteiger partial charge in [0.25, 0.3) is 0 Å². The van der Waals surface area contributed by atoms with Crippen molar-refractivity contribution in [2.24, 2.45) is 0 Å². The average molecular weight is 195 g/mol. The Balaban J connectivity index is 2.63. The summed E-state index contributed by atoms with van der Waals surface area (Å²) in [5.41, 5.74) is 0.897. The van der Waals surface area contributed by atoms with Crippen molar-refractivity contribution < 1.29 is 4.74 Å². The molecule has 1 atom stereocenters. The van der Waals surface area contributed by atoms with Gasteiger partial charge in [-0.2, -0.15) is 0 Å². The van der Waals surface area contributed by atoms with Gasteiger partial charge in [-0.05, 0) is 13.3 Å². The third-order valence-electron chi connectivity index (χ3n) is 2.02. The Morgan fingerprint density at radius 3 is 2.93 bits per heavy atom. The second-order valence-corrected chi connectivity index (χ2v) is 3.28. The van der Waals surface area contributed by atoms with E-state index in [1.165, 1.54) is 0 Å². The highest BCUT2D eigenvalue weighted by Crippen LogP contribution is 2.07. The van der Waals surface area contributed by atoms with Crippen LogP contribution in [-0.4, -0.2) is 23.1 Å². The maximum absolute atomic E-state index is 5.00. The fraction of sp³-hybridized carbons (Fsp3) is 0.600. The van der Waals surface area contributed by atoms with Crippen LogP contribution in [0.15, 0.2) is 12.4 Å². The number of nitrogens with zero attached hydrogens (tertiary/aromatic N) is 2. The number of hydrogen-bond donors (Lipinski definition) is 1. The van der Waals surface area contributed by atoms with Crippen molar-refractivity contribution >= 4 is 5.82 Å². The topological polar surface area (TPSA) is 47.0 Å². The molecule has 0 aromatic carbocycles. The standard InChI is InChI=1S/C10H17N3O/c1-4-8(2)13-10-5-9(6-14-3)11-7-12-10/h5,7-8H,4,6H2,1-3H3,(H,11,12,13). The summed E-state index contributed by atoms with van der Waals surface area (Å²) in [5.74, 6) is 0.862. The summed E-state index contributed by atoms with van der Waals surface area (Å²) in [6, 6.07) is 2.34. The maximum Gasteiger partial charge on any atom is 0.129 e. The summed E-state index contributed by atoms with van der Waals surface area (Å²) in [5, 5.41) is 3.28. The molecule has 1 aromatic heterocycles. The number of aromatic nitrogens is 2. The van der Waals surface area contributed by atoms with E-state index in [-0.39, 0.29) is 0 Å². The second-order valence-electron chi connectivity index (χ2n) is 3.28. The van der Waals surface area contributed by atoms with E-state index in [9.17, 15) is 0 Å². The summed E-state index contributed by atoms with van der Waals surface area (Å²) in [4.78, 5) is 8.22. The fourth-order valence-electron chi connectivity index (χ4n) is 1.06. The van der Waals surface area contributed by atoms with Crippen molar-refractivity contribution in [3.8, 4) is 0 Å². The Labute approximate surface area is 84.7 Å². The molecule has 0 saturated heterocycles. The van der Waals surface area contributed by atoms with Gasteiger partial charge >= 0.3 is 0 Å². The first-order valence-corrected chi connectivity index (χ1v) is 4.82. The van der Waals surface area contributed by atoms with Gasteiger partial charge in [-0.1, -0.05) is 6.92 Å². The monoisotopic (exact) mass is 195 g/mol. The molecule has 0 aliphatic rings. The lowest BCUT2D eigenvalue weighted by Gasteiger charge is -2.12. The van der Waals surface area contributed by atoms with Crippen LogP contribution in [0.4, 0.5) is 5.82 Å². The van der Waals surface area contributed by atoms with Crippen molar-refractivity contribution in [1.29, 1.82) is 0 Å². The molecule has 14 heavy (non-hydrogen) atoms. The van der Waals surface area contributed by atoms with Gasteiger partial charge in [-0.25, -0.2) is 9.97 Å². The van der Waals surface area contributed by atoms with E-state index in [4.69, 9.17) is 4.74 Å². The lowest BCUT2D eigenvalue weighted by atomic mass is 10.2. The van der Waals surface area contributed by atoms with E-state index < -0.39 is 0 Å². The predicted octanol–water partition coefficient (Wildman–Crippen LogP) is 1.83. The molecule has 0 aliphatic heterocycles. The Bertz CT molecular complexity index is 278. The maximum atomic E-state index is 5.00. The highest BCUT2D eigenvalue weighted by Gasteiger charge is 2.01. The first-order valence-electron chi connectivity index (χ1n) is 4.82. The SMILES string of the molecule is CCC(C)Nc1cc(COC)ncn1. The van der Waals surface area contributed by atoms with Crippen LogP contribution in [0.1, 0.15) is 26.0 Å². The molecule has 1 unspecified atom stereocenters. The van der Waals surface area contributed by atoms with Gasteiger partial charge in [-0.3, -0.25) is 0 Å². The molecule has 1 N–H and O–H groups in total. The van der Waals surface area contributed by atoms with Gasteiger partial charge in [-0.15, -0.1) is 0 Å². The highest BCUT2D eigenvalue weighted by atomic mass is 16.5. The van der Waals surface area contributed by atoms with Crippen LogP contribution in [-0.2, 0) is 11.3 Å². The molecule has 1 heterocycles. The lowest BCUT2D eigenvalue weighted by Crippen LogP contribution is -2.14. The number of anilines is 1. The van der Waals surface area contributed by atoms with Crippen LogP contribution < -0.4 is 5.32 Å². The van der Waals surface area contributed by atoms with Gasteiger partial charge in [0.05, 0.1) is 12.3 Å². The van der Waals surface area contributed by atoms with Gasteiger partial charge in [0.2, 0.25) is 0 Å².